The summed E-state index contributed by atoms with van der Waals surface area (Å²) in [6, 6.07) is 11.5. The van der Waals surface area contributed by atoms with Gasteiger partial charge in [0, 0.05) is 17.3 Å². The summed E-state index contributed by atoms with van der Waals surface area (Å²) in [5, 5.41) is 17.9. The number of aromatic nitrogens is 5. The molecule has 3 rings (SSSR count). The highest BCUT2D eigenvalue weighted by Gasteiger charge is 2.09. The molecule has 0 atom stereocenters. The number of H-pyrrole nitrogens is 1. The molecule has 0 amide bonds. The van der Waals surface area contributed by atoms with Crippen LogP contribution in [0.1, 0.15) is 0 Å². The Kier molecular flexibility index (Phi) is 5.11. The zero-order valence-corrected chi connectivity index (χ0v) is 12.1. The van der Waals surface area contributed by atoms with Gasteiger partial charge in [0.25, 0.3) is 0 Å². The number of pyridine rings is 1. The number of aromatic amines is 1. The number of hydrogen-bond donors (Lipinski definition) is 4. The molecule has 0 unspecified atom stereocenters. The van der Waals surface area contributed by atoms with E-state index in [1.807, 2.05) is 30.3 Å². The van der Waals surface area contributed by atoms with Gasteiger partial charge in [-0.3, -0.25) is 0 Å². The van der Waals surface area contributed by atoms with E-state index in [4.69, 9.17) is 14.2 Å². The Morgan fingerprint density at radius 1 is 1.05 bits per heavy atom. The number of benzene rings is 1. The summed E-state index contributed by atoms with van der Waals surface area (Å²) in [4.78, 5) is 4.09. The van der Waals surface area contributed by atoms with E-state index in [-0.39, 0.29) is 0 Å². The largest absolute Gasteiger partial charge is 0.384 e. The Morgan fingerprint density at radius 2 is 1.73 bits per heavy atom. The van der Waals surface area contributed by atoms with Gasteiger partial charge in [-0.25, -0.2) is 23.6 Å². The van der Waals surface area contributed by atoms with Gasteiger partial charge >= 0.3 is 0 Å². The van der Waals surface area contributed by atoms with Crippen molar-refractivity contribution in [1.82, 2.24) is 25.6 Å². The average Bonchev–Trinajstić information content (AvgIpc) is 3.02. The number of nitrogens with two attached hydrogens (primary N) is 2. The van der Waals surface area contributed by atoms with Crippen LogP contribution in [0.2, 0.25) is 0 Å². The Labute approximate surface area is 127 Å². The van der Waals surface area contributed by atoms with Gasteiger partial charge in [-0.15, -0.1) is 5.10 Å². The predicted octanol–water partition coefficient (Wildman–Crippen LogP) is -0.0176. The molecule has 0 bridgehead atoms. The van der Waals surface area contributed by atoms with E-state index in [2.05, 4.69) is 30.7 Å². The minimum absolute atomic E-state index is 0.498. The molecule has 0 spiro atoms. The van der Waals surface area contributed by atoms with Crippen molar-refractivity contribution in [3.63, 3.8) is 0 Å². The first kappa shape index (κ1) is 15.5. The predicted molar refractivity (Wildman–Crippen MR) is 81.8 cm³/mol. The second-order valence-electron chi connectivity index (χ2n) is 4.05. The van der Waals surface area contributed by atoms with Crippen LogP contribution in [0.5, 0.6) is 0 Å². The summed E-state index contributed by atoms with van der Waals surface area (Å²) in [6.07, 6.45) is 1.73. The van der Waals surface area contributed by atoms with Crippen molar-refractivity contribution in [2.75, 3.05) is 5.73 Å². The highest BCUT2D eigenvalue weighted by Crippen LogP contribution is 2.29. The van der Waals surface area contributed by atoms with Crippen LogP contribution in [0.4, 0.5) is 5.82 Å². The third kappa shape index (κ3) is 4.07. The fraction of sp³-hybridized carbons (Fsp3) is 0. The Morgan fingerprint density at radius 3 is 2.27 bits per heavy atom. The molecule has 2 aromatic heterocycles. The van der Waals surface area contributed by atoms with Gasteiger partial charge in [-0.05, 0) is 28.1 Å². The quantitative estimate of drug-likeness (QED) is 0.484. The zero-order valence-electron chi connectivity index (χ0n) is 11.2. The van der Waals surface area contributed by atoms with Gasteiger partial charge < -0.3 is 5.73 Å². The SMILES string of the molecule is N[SH](=O)=O.Nc1ccc(-c2ccccc2-c2nnn[nH]2)cn1. The average molecular weight is 319 g/mol. The fourth-order valence-electron chi connectivity index (χ4n) is 1.78. The number of rotatable bonds is 2. The molecular weight excluding hydrogens is 306 g/mol. The van der Waals surface area contributed by atoms with Crippen molar-refractivity contribution in [3.05, 3.63) is 42.6 Å². The normalized spacial score (nSPS) is 10.1. The highest BCUT2D eigenvalue weighted by atomic mass is 32.2. The van der Waals surface area contributed by atoms with Crippen LogP contribution in [-0.4, -0.2) is 34.0 Å². The molecule has 0 saturated carbocycles. The molecule has 2 heterocycles. The molecule has 0 aliphatic heterocycles. The van der Waals surface area contributed by atoms with Crippen LogP contribution < -0.4 is 10.9 Å². The molecule has 0 aliphatic rings. The maximum absolute atomic E-state index is 8.81. The van der Waals surface area contributed by atoms with E-state index in [0.717, 1.165) is 16.7 Å². The van der Waals surface area contributed by atoms with Gasteiger partial charge in [0.05, 0.1) is 0 Å². The number of anilines is 1. The first-order valence-corrected chi connectivity index (χ1v) is 7.26. The monoisotopic (exact) mass is 319 g/mol. The van der Waals surface area contributed by atoms with Crippen LogP contribution in [-0.2, 0) is 10.9 Å². The molecule has 5 N–H and O–H groups in total. The zero-order chi connectivity index (χ0) is 15.9. The van der Waals surface area contributed by atoms with Crippen LogP contribution >= 0.6 is 0 Å². The van der Waals surface area contributed by atoms with Gasteiger partial charge in [-0.2, -0.15) is 0 Å². The van der Waals surface area contributed by atoms with Gasteiger partial charge in [0.1, 0.15) is 5.82 Å². The molecule has 1 aromatic carbocycles. The molecule has 0 saturated heterocycles. The summed E-state index contributed by atoms with van der Waals surface area (Å²) in [7, 11) is -2.62. The minimum atomic E-state index is -2.62. The smallest absolute Gasteiger partial charge is 0.198 e. The maximum atomic E-state index is 8.81. The van der Waals surface area contributed by atoms with Crippen molar-refractivity contribution < 1.29 is 8.42 Å². The second kappa shape index (κ2) is 7.24. The van der Waals surface area contributed by atoms with Crippen molar-refractivity contribution in [2.24, 2.45) is 5.14 Å². The number of nitrogens with zero attached hydrogens (tertiary/aromatic N) is 4. The summed E-state index contributed by atoms with van der Waals surface area (Å²) >= 11 is 0. The molecule has 10 heteroatoms. The molecule has 114 valence electrons. The van der Waals surface area contributed by atoms with E-state index < -0.39 is 10.9 Å². The number of thiol groups is 1. The van der Waals surface area contributed by atoms with Crippen molar-refractivity contribution in [1.29, 1.82) is 0 Å². The van der Waals surface area contributed by atoms with E-state index in [1.54, 1.807) is 12.3 Å². The van der Waals surface area contributed by atoms with Gasteiger partial charge in [0.2, 0.25) is 0 Å². The molecule has 3 aromatic rings. The van der Waals surface area contributed by atoms with E-state index in [1.165, 1.54) is 0 Å². The molecule has 0 radical (unpaired) electrons. The third-order valence-electron chi connectivity index (χ3n) is 2.62. The summed E-state index contributed by atoms with van der Waals surface area (Å²) in [6.45, 7) is 0. The van der Waals surface area contributed by atoms with Crippen molar-refractivity contribution in [3.8, 4) is 22.5 Å². The molecule has 22 heavy (non-hydrogen) atoms. The van der Waals surface area contributed by atoms with Crippen LogP contribution in [0, 0.1) is 0 Å². The van der Waals surface area contributed by atoms with Gasteiger partial charge in [-0.1, -0.05) is 24.3 Å². The van der Waals surface area contributed by atoms with Crippen molar-refractivity contribution in [2.45, 2.75) is 0 Å². The molecule has 9 nitrogen and oxygen atoms in total. The third-order valence-corrected chi connectivity index (χ3v) is 2.62. The molecular formula is C12H13N7O2S. The second-order valence-corrected chi connectivity index (χ2v) is 4.62. The van der Waals surface area contributed by atoms with E-state index >= 15 is 0 Å². The van der Waals surface area contributed by atoms with Crippen molar-refractivity contribution >= 4 is 16.7 Å². The lowest BCUT2D eigenvalue weighted by molar-refractivity contribution is 0.616. The first-order valence-electron chi connectivity index (χ1n) is 6.02. The lowest BCUT2D eigenvalue weighted by Crippen LogP contribution is -1.91. The number of tetrazole rings is 1. The van der Waals surface area contributed by atoms with E-state index in [9.17, 15) is 0 Å². The molecule has 0 aliphatic carbocycles. The topological polar surface area (TPSA) is 154 Å². The summed E-state index contributed by atoms with van der Waals surface area (Å²) in [5.74, 6) is 1.12. The summed E-state index contributed by atoms with van der Waals surface area (Å²) in [5.41, 5.74) is 8.48. The highest BCUT2D eigenvalue weighted by molar-refractivity contribution is 7.69. The van der Waals surface area contributed by atoms with E-state index in [0.29, 0.717) is 11.6 Å². The van der Waals surface area contributed by atoms with Crippen LogP contribution in [0.3, 0.4) is 0 Å². The van der Waals surface area contributed by atoms with Gasteiger partial charge in [0.15, 0.2) is 16.7 Å². The maximum Gasteiger partial charge on any atom is 0.198 e. The Hall–Kier alpha value is -2.85. The lowest BCUT2D eigenvalue weighted by atomic mass is 10.0. The number of nitrogen functional groups attached to an aromatic ring is 1. The number of nitrogens with one attached hydrogen (secondary N) is 1. The lowest BCUT2D eigenvalue weighted by Gasteiger charge is -2.06. The van der Waals surface area contributed by atoms with Crippen LogP contribution in [0.25, 0.3) is 22.5 Å². The minimum Gasteiger partial charge on any atom is -0.384 e. The Balaban J connectivity index is 0.000000396. The standard InChI is InChI=1S/C12H10N6.H3NO2S/c13-11-6-5-8(7-14-11)9-3-1-2-4-10(9)12-15-17-18-16-12;1-4(2)3/h1-7H,(H2,13,14)(H,15,16,17,18);4H,(H2,1,2,3). The van der Waals surface area contributed by atoms with Crippen LogP contribution in [0.15, 0.2) is 42.6 Å². The molecule has 0 fully saturated rings. The fourth-order valence-corrected chi connectivity index (χ4v) is 1.78. The Bertz CT molecular complexity index is 793. The first-order chi connectivity index (χ1) is 10.6. The number of hydrogen-bond acceptors (Lipinski definition) is 7. The summed E-state index contributed by atoms with van der Waals surface area (Å²) < 4.78 is 17.6.